The van der Waals surface area contributed by atoms with Crippen molar-refractivity contribution in [2.45, 2.75) is 48.4 Å². The SMILES string of the molecule is CCc1nc2n(n1)C(=O)C(C(c1cccc(Cl)c1)N1CCC3(CC1)OCCO3)S2. The summed E-state index contributed by atoms with van der Waals surface area (Å²) in [6, 6.07) is 7.69. The quantitative estimate of drug-likeness (QED) is 0.731. The second kappa shape index (κ2) is 7.67. The van der Waals surface area contributed by atoms with Crippen molar-refractivity contribution in [1.29, 1.82) is 0 Å². The van der Waals surface area contributed by atoms with Crippen LogP contribution in [-0.4, -0.2) is 62.9 Å². The van der Waals surface area contributed by atoms with E-state index in [9.17, 15) is 4.79 Å². The van der Waals surface area contributed by atoms with Gasteiger partial charge >= 0.3 is 0 Å². The Morgan fingerprint density at radius 2 is 2.07 bits per heavy atom. The highest BCUT2D eigenvalue weighted by atomic mass is 35.5. The second-order valence-electron chi connectivity index (χ2n) is 7.60. The van der Waals surface area contributed by atoms with Crippen LogP contribution in [0.25, 0.3) is 0 Å². The fourth-order valence-corrected chi connectivity index (χ4v) is 5.86. The fourth-order valence-electron chi connectivity index (χ4n) is 4.39. The molecule has 2 atom stereocenters. The largest absolute Gasteiger partial charge is 0.347 e. The lowest BCUT2D eigenvalue weighted by Gasteiger charge is -2.42. The van der Waals surface area contributed by atoms with Gasteiger partial charge in [0.25, 0.3) is 5.91 Å². The van der Waals surface area contributed by atoms with E-state index in [-0.39, 0.29) is 17.2 Å². The number of carbonyl (C=O) groups is 1. The lowest BCUT2D eigenvalue weighted by molar-refractivity contribution is -0.187. The van der Waals surface area contributed by atoms with Crippen LogP contribution in [0.3, 0.4) is 0 Å². The van der Waals surface area contributed by atoms with Crippen LogP contribution in [0.1, 0.15) is 42.0 Å². The highest BCUT2D eigenvalue weighted by molar-refractivity contribution is 8.00. The molecule has 1 spiro atoms. The van der Waals surface area contributed by atoms with Crippen molar-refractivity contribution in [3.63, 3.8) is 0 Å². The van der Waals surface area contributed by atoms with E-state index in [1.165, 1.54) is 16.4 Å². The highest BCUT2D eigenvalue weighted by Gasteiger charge is 2.47. The van der Waals surface area contributed by atoms with Crippen LogP contribution in [-0.2, 0) is 15.9 Å². The van der Waals surface area contributed by atoms with Gasteiger partial charge in [-0.3, -0.25) is 9.69 Å². The van der Waals surface area contributed by atoms with Crippen molar-refractivity contribution >= 4 is 29.3 Å². The van der Waals surface area contributed by atoms with E-state index in [2.05, 4.69) is 15.0 Å². The van der Waals surface area contributed by atoms with Crippen molar-refractivity contribution in [3.05, 3.63) is 40.7 Å². The molecule has 0 amide bonds. The number of thioether (sulfide) groups is 1. The molecule has 0 bridgehead atoms. The molecule has 3 aliphatic rings. The number of piperidine rings is 1. The first-order chi connectivity index (χ1) is 14.1. The number of carbonyl (C=O) groups excluding carboxylic acids is 1. The van der Waals surface area contributed by atoms with Gasteiger partial charge in [-0.05, 0) is 17.7 Å². The van der Waals surface area contributed by atoms with E-state index in [1.54, 1.807) is 0 Å². The molecular formula is C20H23ClN4O3S. The summed E-state index contributed by atoms with van der Waals surface area (Å²) in [5.41, 5.74) is 1.04. The van der Waals surface area contributed by atoms with Gasteiger partial charge in [0, 0.05) is 37.4 Å². The van der Waals surface area contributed by atoms with Gasteiger partial charge in [0.05, 0.1) is 19.3 Å². The number of hydrogen-bond acceptors (Lipinski definition) is 7. The second-order valence-corrected chi connectivity index (χ2v) is 9.14. The number of aryl methyl sites for hydroxylation is 1. The molecule has 1 aromatic carbocycles. The number of fused-ring (bicyclic) bond motifs is 1. The Hall–Kier alpha value is -1.45. The Labute approximate surface area is 178 Å². The summed E-state index contributed by atoms with van der Waals surface area (Å²) in [7, 11) is 0. The molecule has 1 aromatic heterocycles. The zero-order valence-corrected chi connectivity index (χ0v) is 17.8. The van der Waals surface area contributed by atoms with Gasteiger partial charge in [-0.2, -0.15) is 4.68 Å². The maximum absolute atomic E-state index is 13.2. The number of likely N-dealkylation sites (tertiary alicyclic amines) is 1. The average Bonchev–Trinajstić information content (AvgIpc) is 3.42. The van der Waals surface area contributed by atoms with E-state index in [4.69, 9.17) is 21.1 Å². The minimum absolute atomic E-state index is 0.0178. The van der Waals surface area contributed by atoms with Gasteiger partial charge in [-0.1, -0.05) is 42.4 Å². The number of nitrogens with zero attached hydrogens (tertiary/aromatic N) is 4. The fraction of sp³-hybridized carbons (Fsp3) is 0.550. The maximum Gasteiger partial charge on any atom is 0.264 e. The summed E-state index contributed by atoms with van der Waals surface area (Å²) in [5, 5.41) is 5.43. The third-order valence-electron chi connectivity index (χ3n) is 5.87. The Balaban J connectivity index is 1.44. The average molecular weight is 435 g/mol. The smallest absolute Gasteiger partial charge is 0.264 e. The molecule has 0 saturated carbocycles. The number of halogens is 1. The van der Waals surface area contributed by atoms with Gasteiger partial charge in [0.2, 0.25) is 0 Å². The molecule has 29 heavy (non-hydrogen) atoms. The van der Waals surface area contributed by atoms with Crippen LogP contribution in [0.4, 0.5) is 0 Å². The normalized spacial score (nSPS) is 24.9. The van der Waals surface area contributed by atoms with Gasteiger partial charge < -0.3 is 9.47 Å². The zero-order chi connectivity index (χ0) is 20.0. The minimum atomic E-state index is -0.452. The maximum atomic E-state index is 13.2. The van der Waals surface area contributed by atoms with E-state index >= 15 is 0 Å². The molecule has 9 heteroatoms. The van der Waals surface area contributed by atoms with Crippen molar-refractivity contribution in [1.82, 2.24) is 19.7 Å². The van der Waals surface area contributed by atoms with Gasteiger partial charge in [-0.25, -0.2) is 4.98 Å². The number of hydrogen-bond donors (Lipinski definition) is 0. The number of aromatic nitrogens is 3. The Kier molecular flexibility index (Phi) is 5.16. The van der Waals surface area contributed by atoms with Crippen LogP contribution < -0.4 is 0 Å². The van der Waals surface area contributed by atoms with Crippen LogP contribution in [0, 0.1) is 0 Å². The van der Waals surface area contributed by atoms with Crippen LogP contribution in [0.5, 0.6) is 0 Å². The molecule has 0 N–H and O–H groups in total. The number of rotatable bonds is 4. The molecule has 4 heterocycles. The summed E-state index contributed by atoms with van der Waals surface area (Å²) < 4.78 is 13.2. The third-order valence-corrected chi connectivity index (χ3v) is 7.29. The van der Waals surface area contributed by atoms with Crippen molar-refractivity contribution < 1.29 is 14.3 Å². The predicted octanol–water partition coefficient (Wildman–Crippen LogP) is 3.19. The minimum Gasteiger partial charge on any atom is -0.347 e. The Morgan fingerprint density at radius 3 is 2.72 bits per heavy atom. The summed E-state index contributed by atoms with van der Waals surface area (Å²) >= 11 is 7.80. The molecule has 3 aliphatic heterocycles. The lowest BCUT2D eigenvalue weighted by atomic mass is 9.96. The number of ether oxygens (including phenoxy) is 2. The summed E-state index contributed by atoms with van der Waals surface area (Å²) in [4.78, 5) is 20.1. The van der Waals surface area contributed by atoms with Crippen molar-refractivity contribution in [2.24, 2.45) is 0 Å². The summed E-state index contributed by atoms with van der Waals surface area (Å²) in [5.74, 6) is 0.233. The molecule has 2 fully saturated rings. The van der Waals surface area contributed by atoms with Crippen LogP contribution in [0.2, 0.25) is 5.02 Å². The monoisotopic (exact) mass is 434 g/mol. The summed E-state index contributed by atoms with van der Waals surface area (Å²) in [6.45, 7) is 4.88. The summed E-state index contributed by atoms with van der Waals surface area (Å²) in [6.07, 6.45) is 2.29. The molecule has 154 valence electrons. The standard InChI is InChI=1S/C20H23ClN4O3S/c1-2-15-22-19-25(23-15)18(26)17(29-19)16(13-4-3-5-14(21)12-13)24-8-6-20(7-9-24)27-10-11-28-20/h3-5,12,16-17H,2,6-11H2,1H3. The van der Waals surface area contributed by atoms with E-state index in [0.29, 0.717) is 35.6 Å². The highest BCUT2D eigenvalue weighted by Crippen LogP contribution is 2.43. The first-order valence-electron chi connectivity index (χ1n) is 10.0. The first kappa shape index (κ1) is 19.5. The lowest BCUT2D eigenvalue weighted by Crippen LogP contribution is -2.49. The molecule has 0 aliphatic carbocycles. The van der Waals surface area contributed by atoms with E-state index < -0.39 is 5.79 Å². The van der Waals surface area contributed by atoms with Crippen LogP contribution in [0.15, 0.2) is 29.4 Å². The molecule has 2 saturated heterocycles. The molecular weight excluding hydrogens is 412 g/mol. The van der Waals surface area contributed by atoms with Crippen molar-refractivity contribution in [3.8, 4) is 0 Å². The third kappa shape index (κ3) is 3.51. The topological polar surface area (TPSA) is 69.5 Å². The van der Waals surface area contributed by atoms with Gasteiger partial charge in [-0.15, -0.1) is 5.10 Å². The number of benzene rings is 1. The molecule has 2 unspecified atom stereocenters. The van der Waals surface area contributed by atoms with E-state index in [1.807, 2.05) is 31.2 Å². The molecule has 5 rings (SSSR count). The first-order valence-corrected chi connectivity index (χ1v) is 11.3. The molecule has 2 aromatic rings. The van der Waals surface area contributed by atoms with Gasteiger partial charge in [0.15, 0.2) is 16.8 Å². The predicted molar refractivity (Wildman–Crippen MR) is 109 cm³/mol. The molecule has 7 nitrogen and oxygen atoms in total. The Morgan fingerprint density at radius 1 is 1.31 bits per heavy atom. The van der Waals surface area contributed by atoms with Gasteiger partial charge in [0.1, 0.15) is 5.25 Å². The Bertz CT molecular complexity index is 920. The van der Waals surface area contributed by atoms with Crippen LogP contribution >= 0.6 is 23.4 Å². The molecule has 0 radical (unpaired) electrons. The van der Waals surface area contributed by atoms with Crippen molar-refractivity contribution in [2.75, 3.05) is 26.3 Å². The van der Waals surface area contributed by atoms with E-state index in [0.717, 1.165) is 31.5 Å². The zero-order valence-electron chi connectivity index (χ0n) is 16.2.